The molecule has 0 aliphatic carbocycles. The number of hydrogen-bond donors (Lipinski definition) is 0. The molecule has 1 aromatic carbocycles. The van der Waals surface area contributed by atoms with Crippen molar-refractivity contribution in [1.82, 2.24) is 14.6 Å². The number of nitrogens with zero attached hydrogens (tertiary/aromatic N) is 3. The molecule has 25 heavy (non-hydrogen) atoms. The highest BCUT2D eigenvalue weighted by Crippen LogP contribution is 2.32. The Kier molecular flexibility index (Phi) is 4.53. The number of benzene rings is 1. The summed E-state index contributed by atoms with van der Waals surface area (Å²) in [6.07, 6.45) is 2.04. The molecule has 0 aliphatic heterocycles. The Bertz CT molecular complexity index is 985. The Morgan fingerprint density at radius 2 is 1.92 bits per heavy atom. The highest BCUT2D eigenvalue weighted by molar-refractivity contribution is 7.86. The van der Waals surface area contributed by atoms with E-state index in [1.165, 1.54) is 41.2 Å². The lowest BCUT2D eigenvalue weighted by molar-refractivity contribution is -0.0235. The molecular formula is C16H15F2N3O3S. The van der Waals surface area contributed by atoms with Gasteiger partial charge in [-0.15, -0.1) is 10.2 Å². The van der Waals surface area contributed by atoms with E-state index in [9.17, 15) is 17.2 Å². The van der Waals surface area contributed by atoms with E-state index in [2.05, 4.69) is 10.2 Å². The standard InChI is InChI=1S/C16H15F2N3O3S/c1-12-2-4-14(5-3-12)25(22,23)24-9-7-16(17,18)13-6-8-21-11-19-20-15(21)10-13/h2-6,8,10-11H,7,9H2,1H3. The third-order valence-corrected chi connectivity index (χ3v) is 5.01. The van der Waals surface area contributed by atoms with Gasteiger partial charge in [-0.2, -0.15) is 8.42 Å². The fourth-order valence-electron chi connectivity index (χ4n) is 2.24. The molecule has 0 N–H and O–H groups in total. The molecule has 0 aliphatic rings. The Morgan fingerprint density at radius 1 is 1.20 bits per heavy atom. The second-order valence-electron chi connectivity index (χ2n) is 5.56. The SMILES string of the molecule is Cc1ccc(S(=O)(=O)OCCC(F)(F)c2ccn3cnnc3c2)cc1. The van der Waals surface area contributed by atoms with Crippen molar-refractivity contribution in [2.45, 2.75) is 24.2 Å². The van der Waals surface area contributed by atoms with Crippen molar-refractivity contribution in [2.24, 2.45) is 0 Å². The van der Waals surface area contributed by atoms with Crippen LogP contribution in [0.1, 0.15) is 17.5 Å². The summed E-state index contributed by atoms with van der Waals surface area (Å²) in [5.74, 6) is -3.25. The zero-order chi connectivity index (χ0) is 18.1. The van der Waals surface area contributed by atoms with Gasteiger partial charge in [-0.3, -0.25) is 8.58 Å². The maximum absolute atomic E-state index is 14.3. The number of pyridine rings is 1. The summed E-state index contributed by atoms with van der Waals surface area (Å²) in [5, 5.41) is 7.33. The molecule has 2 heterocycles. The van der Waals surface area contributed by atoms with Gasteiger partial charge in [0.15, 0.2) is 5.65 Å². The average molecular weight is 367 g/mol. The molecule has 0 atom stereocenters. The third kappa shape index (κ3) is 3.83. The van der Waals surface area contributed by atoms with Crippen molar-refractivity contribution in [2.75, 3.05) is 6.61 Å². The van der Waals surface area contributed by atoms with Gasteiger partial charge in [0.2, 0.25) is 0 Å². The molecular weight excluding hydrogens is 352 g/mol. The number of fused-ring (bicyclic) bond motifs is 1. The minimum absolute atomic E-state index is 0.0636. The van der Waals surface area contributed by atoms with Crippen LogP contribution in [0.5, 0.6) is 0 Å². The molecule has 0 radical (unpaired) electrons. The van der Waals surface area contributed by atoms with Crippen LogP contribution in [0.15, 0.2) is 53.8 Å². The second-order valence-corrected chi connectivity index (χ2v) is 7.17. The van der Waals surface area contributed by atoms with Crippen LogP contribution in [0, 0.1) is 6.92 Å². The van der Waals surface area contributed by atoms with Crippen molar-refractivity contribution in [3.63, 3.8) is 0 Å². The third-order valence-electron chi connectivity index (χ3n) is 3.69. The van der Waals surface area contributed by atoms with Crippen LogP contribution in [0.2, 0.25) is 0 Å². The molecule has 0 saturated heterocycles. The Morgan fingerprint density at radius 3 is 2.64 bits per heavy atom. The van der Waals surface area contributed by atoms with Crippen molar-refractivity contribution < 1.29 is 21.4 Å². The lowest BCUT2D eigenvalue weighted by atomic mass is 10.1. The van der Waals surface area contributed by atoms with Gasteiger partial charge >= 0.3 is 0 Å². The van der Waals surface area contributed by atoms with Gasteiger partial charge in [0.05, 0.1) is 11.5 Å². The van der Waals surface area contributed by atoms with Crippen LogP contribution >= 0.6 is 0 Å². The highest BCUT2D eigenvalue weighted by Gasteiger charge is 2.32. The van der Waals surface area contributed by atoms with Crippen molar-refractivity contribution in [3.05, 3.63) is 60.0 Å². The van der Waals surface area contributed by atoms with Gasteiger partial charge in [-0.1, -0.05) is 17.7 Å². The Hall–Kier alpha value is -2.39. The van der Waals surface area contributed by atoms with Gasteiger partial charge < -0.3 is 0 Å². The molecule has 3 aromatic rings. The predicted molar refractivity (Wildman–Crippen MR) is 85.8 cm³/mol. The van der Waals surface area contributed by atoms with Crippen LogP contribution in [0.3, 0.4) is 0 Å². The summed E-state index contributed by atoms with van der Waals surface area (Å²) in [4.78, 5) is -0.0636. The first kappa shape index (κ1) is 17.4. The first-order chi connectivity index (χ1) is 11.8. The number of halogens is 2. The zero-order valence-corrected chi connectivity index (χ0v) is 14.1. The fourth-order valence-corrected chi connectivity index (χ4v) is 3.15. The molecule has 3 rings (SSSR count). The molecule has 9 heteroatoms. The summed E-state index contributed by atoms with van der Waals surface area (Å²) in [7, 11) is -4.07. The van der Waals surface area contributed by atoms with Crippen LogP contribution in [-0.2, 0) is 20.2 Å². The van der Waals surface area contributed by atoms with E-state index in [1.807, 2.05) is 6.92 Å². The van der Waals surface area contributed by atoms with E-state index < -0.39 is 29.1 Å². The lowest BCUT2D eigenvalue weighted by Crippen LogP contribution is -2.18. The van der Waals surface area contributed by atoms with Crippen LogP contribution in [-0.4, -0.2) is 29.6 Å². The Balaban J connectivity index is 1.68. The molecule has 2 aromatic heterocycles. The van der Waals surface area contributed by atoms with Crippen LogP contribution < -0.4 is 0 Å². The maximum Gasteiger partial charge on any atom is 0.296 e. The number of rotatable bonds is 6. The Labute approximate surface area is 143 Å². The topological polar surface area (TPSA) is 73.6 Å². The number of aryl methyl sites for hydroxylation is 1. The normalized spacial score (nSPS) is 12.6. The summed E-state index contributed by atoms with van der Waals surface area (Å²) >= 11 is 0. The monoisotopic (exact) mass is 367 g/mol. The van der Waals surface area contributed by atoms with Crippen molar-refractivity contribution in [1.29, 1.82) is 0 Å². The van der Waals surface area contributed by atoms with Gasteiger partial charge in [0, 0.05) is 18.2 Å². The van der Waals surface area contributed by atoms with Gasteiger partial charge in [-0.25, -0.2) is 8.78 Å². The minimum Gasteiger partial charge on any atom is -0.289 e. The molecule has 0 fully saturated rings. The fraction of sp³-hybridized carbons (Fsp3) is 0.250. The largest absolute Gasteiger partial charge is 0.296 e. The number of hydrogen-bond acceptors (Lipinski definition) is 5. The molecule has 0 spiro atoms. The molecule has 0 bridgehead atoms. The molecule has 0 unspecified atom stereocenters. The van der Waals surface area contributed by atoms with E-state index in [-0.39, 0.29) is 16.1 Å². The van der Waals surface area contributed by atoms with E-state index in [0.717, 1.165) is 5.56 Å². The number of alkyl halides is 2. The zero-order valence-electron chi connectivity index (χ0n) is 13.3. The lowest BCUT2D eigenvalue weighted by Gasteiger charge is -2.16. The minimum atomic E-state index is -4.07. The number of aromatic nitrogens is 3. The van der Waals surface area contributed by atoms with Crippen LogP contribution in [0.4, 0.5) is 8.78 Å². The van der Waals surface area contributed by atoms with Gasteiger partial charge in [0.25, 0.3) is 16.0 Å². The average Bonchev–Trinajstić information content (AvgIpc) is 3.02. The first-order valence-electron chi connectivity index (χ1n) is 7.42. The van der Waals surface area contributed by atoms with Gasteiger partial charge in [0.1, 0.15) is 6.33 Å². The van der Waals surface area contributed by atoms with E-state index in [1.54, 1.807) is 12.1 Å². The van der Waals surface area contributed by atoms with E-state index in [0.29, 0.717) is 0 Å². The van der Waals surface area contributed by atoms with E-state index >= 15 is 0 Å². The summed E-state index contributed by atoms with van der Waals surface area (Å²) in [6.45, 7) is 1.17. The molecule has 0 amide bonds. The smallest absolute Gasteiger partial charge is 0.289 e. The maximum atomic E-state index is 14.3. The second kappa shape index (κ2) is 6.49. The van der Waals surface area contributed by atoms with Crippen molar-refractivity contribution >= 4 is 15.8 Å². The van der Waals surface area contributed by atoms with Gasteiger partial charge in [-0.05, 0) is 31.2 Å². The molecule has 6 nitrogen and oxygen atoms in total. The quantitative estimate of drug-likeness (QED) is 0.627. The predicted octanol–water partition coefficient (Wildman–Crippen LogP) is 2.93. The molecule has 0 saturated carbocycles. The van der Waals surface area contributed by atoms with Crippen molar-refractivity contribution in [3.8, 4) is 0 Å². The van der Waals surface area contributed by atoms with Crippen LogP contribution in [0.25, 0.3) is 5.65 Å². The summed E-state index contributed by atoms with van der Waals surface area (Å²) in [6, 6.07) is 8.42. The first-order valence-corrected chi connectivity index (χ1v) is 8.83. The highest BCUT2D eigenvalue weighted by atomic mass is 32.2. The van der Waals surface area contributed by atoms with E-state index in [4.69, 9.17) is 4.18 Å². The molecule has 132 valence electrons. The summed E-state index contributed by atoms with van der Waals surface area (Å²) in [5.41, 5.74) is 0.893. The summed E-state index contributed by atoms with van der Waals surface area (Å²) < 4.78 is 58.9.